The van der Waals surface area contributed by atoms with Crippen LogP contribution in [0, 0.1) is 11.8 Å². The van der Waals surface area contributed by atoms with Gasteiger partial charge in [0.15, 0.2) is 0 Å². The number of nitrogens with zero attached hydrogens (tertiary/aromatic N) is 3. The number of hydrogen-bond donors (Lipinski definition) is 0. The van der Waals surface area contributed by atoms with Crippen molar-refractivity contribution in [2.45, 2.75) is 37.8 Å². The van der Waals surface area contributed by atoms with Crippen molar-refractivity contribution in [3.8, 4) is 0 Å². The van der Waals surface area contributed by atoms with Crippen LogP contribution in [0.15, 0.2) is 53.5 Å². The van der Waals surface area contributed by atoms with E-state index in [4.69, 9.17) is 0 Å². The van der Waals surface area contributed by atoms with E-state index in [0.29, 0.717) is 29.5 Å². The van der Waals surface area contributed by atoms with Crippen molar-refractivity contribution in [1.29, 1.82) is 0 Å². The average molecular weight is 392 g/mol. The topological polar surface area (TPSA) is 45.6 Å². The average Bonchev–Trinajstić information content (AvgIpc) is 2.75. The molecule has 2 bridgehead atoms. The summed E-state index contributed by atoms with van der Waals surface area (Å²) in [6, 6.07) is 15.4. The predicted molar refractivity (Wildman–Crippen MR) is 113 cm³/mol. The molecular formula is C24H29N3O2. The van der Waals surface area contributed by atoms with Gasteiger partial charge in [-0.3, -0.25) is 14.5 Å². The Morgan fingerprint density at radius 3 is 2.66 bits per heavy atom. The molecule has 0 aliphatic carbocycles. The second-order valence-electron chi connectivity index (χ2n) is 9.03. The molecule has 0 spiro atoms. The molecule has 3 aliphatic rings. The lowest BCUT2D eigenvalue weighted by Gasteiger charge is -2.55. The van der Waals surface area contributed by atoms with Gasteiger partial charge < -0.3 is 9.47 Å². The van der Waals surface area contributed by atoms with Crippen molar-refractivity contribution < 1.29 is 4.79 Å². The van der Waals surface area contributed by atoms with Crippen molar-refractivity contribution in [1.82, 2.24) is 14.4 Å². The summed E-state index contributed by atoms with van der Waals surface area (Å²) in [5, 5.41) is 0. The molecule has 4 heterocycles. The van der Waals surface area contributed by atoms with Crippen molar-refractivity contribution >= 4 is 5.91 Å². The van der Waals surface area contributed by atoms with Crippen LogP contribution >= 0.6 is 0 Å². The van der Waals surface area contributed by atoms with Crippen LogP contribution in [0.2, 0.25) is 0 Å². The monoisotopic (exact) mass is 391 g/mol. The molecule has 0 radical (unpaired) electrons. The number of fused-ring (bicyclic) bond motifs is 4. The molecule has 5 nitrogen and oxygen atoms in total. The quantitative estimate of drug-likeness (QED) is 0.790. The molecule has 5 rings (SSSR count). The van der Waals surface area contributed by atoms with Crippen LogP contribution in [0.5, 0.6) is 0 Å². The van der Waals surface area contributed by atoms with E-state index < -0.39 is 0 Å². The van der Waals surface area contributed by atoms with Crippen molar-refractivity contribution in [3.63, 3.8) is 0 Å². The molecule has 5 heteroatoms. The number of likely N-dealkylation sites (tertiary alicyclic amines) is 1. The first-order valence-electron chi connectivity index (χ1n) is 10.9. The van der Waals surface area contributed by atoms with E-state index in [1.54, 1.807) is 25.4 Å². The third-order valence-electron chi connectivity index (χ3n) is 7.21. The maximum Gasteiger partial charge on any atom is 0.263 e. The zero-order valence-corrected chi connectivity index (χ0v) is 17.0. The standard InChI is InChI=1S/C24H29N3O2/c1-25-12-6-9-20(23(25)28)24(29)26-14-17-13-19(16-26)22-11-5-10-21(27(22)15-17)18-7-3-2-4-8-18/h2-4,6-9,12,17,19,21-22H,5,10-11,13-16H2,1H3/t17-,19+,21+,22-/m0/s1. The van der Waals surface area contributed by atoms with Gasteiger partial charge in [0.05, 0.1) is 0 Å². The van der Waals surface area contributed by atoms with Crippen LogP contribution in [0.3, 0.4) is 0 Å². The Hall–Kier alpha value is -2.40. The molecule has 3 aliphatic heterocycles. The van der Waals surface area contributed by atoms with E-state index in [0.717, 1.165) is 19.6 Å². The van der Waals surface area contributed by atoms with Gasteiger partial charge >= 0.3 is 0 Å². The fourth-order valence-electron chi connectivity index (χ4n) is 5.94. The van der Waals surface area contributed by atoms with Crippen molar-refractivity contribution in [2.75, 3.05) is 19.6 Å². The third kappa shape index (κ3) is 3.31. The minimum absolute atomic E-state index is 0.0928. The number of amides is 1. The van der Waals surface area contributed by atoms with E-state index >= 15 is 0 Å². The van der Waals surface area contributed by atoms with Crippen LogP contribution in [-0.2, 0) is 7.05 Å². The molecule has 3 saturated heterocycles. The highest BCUT2D eigenvalue weighted by Crippen LogP contribution is 2.44. The fraction of sp³-hybridized carbons (Fsp3) is 0.500. The van der Waals surface area contributed by atoms with Gasteiger partial charge in [0.25, 0.3) is 11.5 Å². The number of pyridine rings is 1. The van der Waals surface area contributed by atoms with Crippen LogP contribution in [-0.4, -0.2) is 46.0 Å². The summed E-state index contributed by atoms with van der Waals surface area (Å²) in [7, 11) is 1.70. The summed E-state index contributed by atoms with van der Waals surface area (Å²) >= 11 is 0. The first-order valence-corrected chi connectivity index (χ1v) is 10.9. The molecule has 152 valence electrons. The van der Waals surface area contributed by atoms with Crippen LogP contribution in [0.25, 0.3) is 0 Å². The molecule has 0 N–H and O–H groups in total. The van der Waals surface area contributed by atoms with Gasteiger partial charge in [-0.15, -0.1) is 0 Å². The van der Waals surface area contributed by atoms with Gasteiger partial charge in [-0.25, -0.2) is 0 Å². The highest BCUT2D eigenvalue weighted by Gasteiger charge is 2.45. The van der Waals surface area contributed by atoms with E-state index in [1.165, 1.54) is 35.8 Å². The number of carbonyl (C=O) groups is 1. The normalized spacial score (nSPS) is 29.3. The van der Waals surface area contributed by atoms with Crippen LogP contribution in [0.4, 0.5) is 0 Å². The van der Waals surface area contributed by atoms with Crippen molar-refractivity contribution in [3.05, 3.63) is 70.1 Å². The Morgan fingerprint density at radius 1 is 1.00 bits per heavy atom. The molecule has 3 fully saturated rings. The smallest absolute Gasteiger partial charge is 0.263 e. The molecule has 1 aromatic carbocycles. The first-order chi connectivity index (χ1) is 14.1. The maximum absolute atomic E-state index is 13.1. The first kappa shape index (κ1) is 18.6. The summed E-state index contributed by atoms with van der Waals surface area (Å²) in [6.07, 6.45) is 6.60. The highest BCUT2D eigenvalue weighted by atomic mass is 16.2. The SMILES string of the molecule is Cn1cccc(C(=O)N2C[C@@H]3C[C@H](C2)[C@@H]2CCC[C@H](c4ccccc4)N2C3)c1=O. The van der Waals surface area contributed by atoms with Crippen LogP contribution in [0.1, 0.15) is 47.6 Å². The predicted octanol–water partition coefficient (Wildman–Crippen LogP) is 3.07. The summed E-state index contributed by atoms with van der Waals surface area (Å²) < 4.78 is 1.49. The second kappa shape index (κ2) is 7.45. The number of carbonyl (C=O) groups excluding carboxylic acids is 1. The summed E-state index contributed by atoms with van der Waals surface area (Å²) in [6.45, 7) is 2.59. The van der Waals surface area contributed by atoms with E-state index in [9.17, 15) is 9.59 Å². The maximum atomic E-state index is 13.1. The Morgan fingerprint density at radius 2 is 1.83 bits per heavy atom. The summed E-state index contributed by atoms with van der Waals surface area (Å²) in [5.41, 5.74) is 1.53. The number of benzene rings is 1. The molecule has 1 aromatic heterocycles. The van der Waals surface area contributed by atoms with Crippen molar-refractivity contribution in [2.24, 2.45) is 18.9 Å². The number of aromatic nitrogens is 1. The lowest BCUT2D eigenvalue weighted by Crippen LogP contribution is -2.60. The fourth-order valence-corrected chi connectivity index (χ4v) is 5.94. The molecule has 29 heavy (non-hydrogen) atoms. The summed E-state index contributed by atoms with van der Waals surface area (Å²) in [4.78, 5) is 30.3. The number of rotatable bonds is 2. The van der Waals surface area contributed by atoms with Gasteiger partial charge in [-0.2, -0.15) is 0 Å². The number of piperidine rings is 3. The Labute approximate surface area is 171 Å². The minimum atomic E-state index is -0.198. The van der Waals surface area contributed by atoms with Gasteiger partial charge in [-0.1, -0.05) is 30.3 Å². The Balaban J connectivity index is 1.38. The highest BCUT2D eigenvalue weighted by molar-refractivity contribution is 5.93. The molecular weight excluding hydrogens is 362 g/mol. The molecule has 2 aromatic rings. The Bertz CT molecular complexity index is 954. The van der Waals surface area contributed by atoms with Gasteiger partial charge in [0.2, 0.25) is 0 Å². The van der Waals surface area contributed by atoms with Gasteiger partial charge in [0.1, 0.15) is 5.56 Å². The van der Waals surface area contributed by atoms with E-state index in [2.05, 4.69) is 35.2 Å². The molecule has 4 atom stereocenters. The summed E-state index contributed by atoms with van der Waals surface area (Å²) in [5.74, 6) is 0.904. The van der Waals surface area contributed by atoms with E-state index in [-0.39, 0.29) is 11.5 Å². The van der Waals surface area contributed by atoms with Gasteiger partial charge in [-0.05, 0) is 55.2 Å². The van der Waals surface area contributed by atoms with Gasteiger partial charge in [0, 0.05) is 45.0 Å². The zero-order valence-electron chi connectivity index (χ0n) is 17.0. The second-order valence-corrected chi connectivity index (χ2v) is 9.03. The zero-order chi connectivity index (χ0) is 20.0. The minimum Gasteiger partial charge on any atom is -0.338 e. The molecule has 0 saturated carbocycles. The molecule has 0 unspecified atom stereocenters. The lowest BCUT2D eigenvalue weighted by atomic mass is 9.74. The number of aryl methyl sites for hydroxylation is 1. The van der Waals surface area contributed by atoms with E-state index in [1.807, 2.05) is 4.90 Å². The lowest BCUT2D eigenvalue weighted by molar-refractivity contribution is -0.0511. The number of hydrogen-bond acceptors (Lipinski definition) is 3. The third-order valence-corrected chi connectivity index (χ3v) is 7.21. The van der Waals surface area contributed by atoms with Crippen LogP contribution < -0.4 is 5.56 Å². The largest absolute Gasteiger partial charge is 0.338 e. The Kier molecular flexibility index (Phi) is 4.78. The molecule has 1 amide bonds.